The third-order valence-corrected chi connectivity index (χ3v) is 5.61. The lowest BCUT2D eigenvalue weighted by Gasteiger charge is -2.37. The Morgan fingerprint density at radius 1 is 1.19 bits per heavy atom. The molecule has 0 unspecified atom stereocenters. The molecule has 0 bridgehead atoms. The average molecular weight is 361 g/mol. The molecule has 1 aliphatic carbocycles. The molecular weight excluding hydrogens is 333 g/mol. The molecule has 1 aromatic heterocycles. The van der Waals surface area contributed by atoms with Gasteiger partial charge in [-0.15, -0.1) is 0 Å². The molecule has 2 heterocycles. The zero-order valence-corrected chi connectivity index (χ0v) is 15.5. The SMILES string of the molecule is CCCCCC1COC([C@H]2CC[C@H](c3ncc(C#N)c(F)n3)CC2)OC1. The van der Waals surface area contributed by atoms with E-state index in [1.807, 2.05) is 0 Å². The maximum Gasteiger partial charge on any atom is 0.234 e. The van der Waals surface area contributed by atoms with Crippen LogP contribution in [0.3, 0.4) is 0 Å². The van der Waals surface area contributed by atoms with Crippen molar-refractivity contribution >= 4 is 0 Å². The fourth-order valence-electron chi connectivity index (χ4n) is 3.97. The molecule has 26 heavy (non-hydrogen) atoms. The second-order valence-corrected chi connectivity index (χ2v) is 7.55. The van der Waals surface area contributed by atoms with Gasteiger partial charge in [0.05, 0.1) is 19.4 Å². The topological polar surface area (TPSA) is 68.0 Å². The first-order valence-electron chi connectivity index (χ1n) is 9.87. The van der Waals surface area contributed by atoms with Gasteiger partial charge in [0, 0.05) is 17.8 Å². The second-order valence-electron chi connectivity index (χ2n) is 7.55. The van der Waals surface area contributed by atoms with Crippen molar-refractivity contribution in [3.05, 3.63) is 23.5 Å². The summed E-state index contributed by atoms with van der Waals surface area (Å²) in [5.74, 6) is 0.878. The van der Waals surface area contributed by atoms with Crippen molar-refractivity contribution in [2.45, 2.75) is 70.5 Å². The van der Waals surface area contributed by atoms with Gasteiger partial charge in [0.25, 0.3) is 0 Å². The molecule has 0 radical (unpaired) electrons. The Morgan fingerprint density at radius 3 is 2.54 bits per heavy atom. The van der Waals surface area contributed by atoms with E-state index in [0.717, 1.165) is 38.9 Å². The number of ether oxygens (including phenoxy) is 2. The van der Waals surface area contributed by atoms with Crippen LogP contribution in [0.4, 0.5) is 4.39 Å². The maximum atomic E-state index is 13.7. The van der Waals surface area contributed by atoms with Crippen LogP contribution in [0, 0.1) is 29.1 Å². The van der Waals surface area contributed by atoms with Crippen molar-refractivity contribution in [3.63, 3.8) is 0 Å². The van der Waals surface area contributed by atoms with Gasteiger partial charge < -0.3 is 9.47 Å². The Labute approximate surface area is 154 Å². The predicted molar refractivity (Wildman–Crippen MR) is 94.7 cm³/mol. The third-order valence-electron chi connectivity index (χ3n) is 5.61. The van der Waals surface area contributed by atoms with Crippen molar-refractivity contribution in [2.24, 2.45) is 11.8 Å². The van der Waals surface area contributed by atoms with E-state index < -0.39 is 5.95 Å². The number of nitrogens with zero attached hydrogens (tertiary/aromatic N) is 3. The molecule has 2 fully saturated rings. The van der Waals surface area contributed by atoms with Crippen molar-refractivity contribution in [3.8, 4) is 6.07 Å². The van der Waals surface area contributed by atoms with Crippen LogP contribution in [-0.4, -0.2) is 29.5 Å². The molecule has 2 aliphatic rings. The number of aromatic nitrogens is 2. The molecule has 1 aromatic rings. The molecule has 0 N–H and O–H groups in total. The number of hydrogen-bond donors (Lipinski definition) is 0. The van der Waals surface area contributed by atoms with Gasteiger partial charge in [0.1, 0.15) is 17.5 Å². The molecular formula is C20H28FN3O2. The van der Waals surface area contributed by atoms with Gasteiger partial charge in [-0.05, 0) is 32.1 Å². The molecule has 1 saturated carbocycles. The van der Waals surface area contributed by atoms with Crippen LogP contribution in [-0.2, 0) is 9.47 Å². The zero-order chi connectivity index (χ0) is 18.4. The largest absolute Gasteiger partial charge is 0.352 e. The second kappa shape index (κ2) is 9.38. The highest BCUT2D eigenvalue weighted by Gasteiger charge is 2.33. The van der Waals surface area contributed by atoms with Crippen LogP contribution in [0.1, 0.15) is 75.6 Å². The van der Waals surface area contributed by atoms with E-state index in [0.29, 0.717) is 17.7 Å². The van der Waals surface area contributed by atoms with E-state index in [2.05, 4.69) is 16.9 Å². The molecule has 142 valence electrons. The summed E-state index contributed by atoms with van der Waals surface area (Å²) in [4.78, 5) is 8.07. The van der Waals surface area contributed by atoms with Gasteiger partial charge in [0.2, 0.25) is 5.95 Å². The van der Waals surface area contributed by atoms with Gasteiger partial charge >= 0.3 is 0 Å². The molecule has 6 heteroatoms. The summed E-state index contributed by atoms with van der Waals surface area (Å²) in [6, 6.07) is 1.76. The van der Waals surface area contributed by atoms with E-state index >= 15 is 0 Å². The number of hydrogen-bond acceptors (Lipinski definition) is 5. The first kappa shape index (κ1) is 19.2. The van der Waals surface area contributed by atoms with E-state index in [-0.39, 0.29) is 17.8 Å². The first-order chi connectivity index (χ1) is 12.7. The molecule has 1 saturated heterocycles. The standard InChI is InChI=1S/C20H28FN3O2/c1-2-3-4-5-14-12-25-20(26-13-14)16-8-6-15(7-9-16)19-23-11-17(10-22)18(21)24-19/h11,14-16,20H,2-9,12-13H2,1H3/t14?,15-,16-,20?. The molecule has 5 nitrogen and oxygen atoms in total. The molecule has 0 amide bonds. The van der Waals surface area contributed by atoms with Crippen molar-refractivity contribution in [1.82, 2.24) is 9.97 Å². The van der Waals surface area contributed by atoms with Crippen molar-refractivity contribution in [1.29, 1.82) is 5.26 Å². The lowest BCUT2D eigenvalue weighted by molar-refractivity contribution is -0.229. The summed E-state index contributed by atoms with van der Waals surface area (Å²) in [5, 5.41) is 8.78. The van der Waals surface area contributed by atoms with Gasteiger partial charge in [-0.2, -0.15) is 9.65 Å². The Bertz CT molecular complexity index is 618. The Hall–Kier alpha value is -1.58. The zero-order valence-electron chi connectivity index (χ0n) is 15.5. The molecule has 1 aliphatic heterocycles. The van der Waals surface area contributed by atoms with Crippen LogP contribution < -0.4 is 0 Å². The van der Waals surface area contributed by atoms with Gasteiger partial charge in [-0.1, -0.05) is 26.2 Å². The van der Waals surface area contributed by atoms with E-state index in [1.165, 1.54) is 31.9 Å². The van der Waals surface area contributed by atoms with Gasteiger partial charge in [0.15, 0.2) is 6.29 Å². The smallest absolute Gasteiger partial charge is 0.234 e. The minimum Gasteiger partial charge on any atom is -0.352 e. The number of rotatable bonds is 6. The summed E-state index contributed by atoms with van der Waals surface area (Å²) in [7, 11) is 0. The highest BCUT2D eigenvalue weighted by atomic mass is 19.1. The molecule has 0 atom stereocenters. The normalized spacial score (nSPS) is 29.3. The van der Waals surface area contributed by atoms with E-state index in [9.17, 15) is 4.39 Å². The summed E-state index contributed by atoms with van der Waals surface area (Å²) in [6.07, 6.45) is 9.90. The van der Waals surface area contributed by atoms with Crippen LogP contribution in [0.2, 0.25) is 0 Å². The molecule has 0 spiro atoms. The van der Waals surface area contributed by atoms with Gasteiger partial charge in [-0.3, -0.25) is 0 Å². The summed E-state index contributed by atoms with van der Waals surface area (Å²) in [5.41, 5.74) is -0.0973. The van der Waals surface area contributed by atoms with Crippen LogP contribution >= 0.6 is 0 Å². The summed E-state index contributed by atoms with van der Waals surface area (Å²) in [6.45, 7) is 3.83. The molecule has 3 rings (SSSR count). The summed E-state index contributed by atoms with van der Waals surface area (Å²) < 4.78 is 25.7. The number of nitriles is 1. The minimum absolute atomic E-state index is 0.0973. The maximum absolute atomic E-state index is 13.7. The Balaban J connectivity index is 1.44. The average Bonchev–Trinajstić information content (AvgIpc) is 2.69. The predicted octanol–water partition coefficient (Wildman–Crippen LogP) is 4.33. The lowest BCUT2D eigenvalue weighted by atomic mass is 9.81. The van der Waals surface area contributed by atoms with Crippen LogP contribution in [0.25, 0.3) is 0 Å². The summed E-state index contributed by atoms with van der Waals surface area (Å²) >= 11 is 0. The van der Waals surface area contributed by atoms with E-state index in [1.54, 1.807) is 6.07 Å². The Morgan fingerprint density at radius 2 is 1.92 bits per heavy atom. The van der Waals surface area contributed by atoms with Crippen molar-refractivity contribution in [2.75, 3.05) is 13.2 Å². The Kier molecular flexibility index (Phi) is 6.93. The highest BCUT2D eigenvalue weighted by Crippen LogP contribution is 2.38. The minimum atomic E-state index is -0.715. The van der Waals surface area contributed by atoms with Crippen LogP contribution in [0.5, 0.6) is 0 Å². The van der Waals surface area contributed by atoms with Gasteiger partial charge in [-0.25, -0.2) is 9.97 Å². The number of unbranched alkanes of at least 4 members (excludes halogenated alkanes) is 2. The van der Waals surface area contributed by atoms with Crippen LogP contribution in [0.15, 0.2) is 6.20 Å². The van der Waals surface area contributed by atoms with E-state index in [4.69, 9.17) is 14.7 Å². The lowest BCUT2D eigenvalue weighted by Crippen LogP contribution is -2.38. The quantitative estimate of drug-likeness (QED) is 0.557. The fourth-order valence-corrected chi connectivity index (χ4v) is 3.97. The monoisotopic (exact) mass is 361 g/mol. The van der Waals surface area contributed by atoms with Crippen molar-refractivity contribution < 1.29 is 13.9 Å². The third kappa shape index (κ3) is 4.77. The first-order valence-corrected chi connectivity index (χ1v) is 9.87. The number of halogens is 1. The fraction of sp³-hybridized carbons (Fsp3) is 0.750. The molecule has 0 aromatic carbocycles. The highest BCUT2D eigenvalue weighted by molar-refractivity contribution is 5.24.